The van der Waals surface area contributed by atoms with Crippen molar-refractivity contribution in [2.75, 3.05) is 21.3 Å². The standard InChI is InChI=1S/C6H11ClO4/c1-9-5(8)4(7)6(10-2)11-3/h4,6H,1-3H3. The predicted octanol–water partition coefficient (Wildman–Crippen LogP) is 0.386. The third kappa shape index (κ3) is 3.05. The molecule has 0 fully saturated rings. The van der Waals surface area contributed by atoms with Crippen LogP contribution in [-0.2, 0) is 19.0 Å². The molecule has 0 aromatic carbocycles. The molecule has 0 aromatic heterocycles. The zero-order valence-corrected chi connectivity index (χ0v) is 7.42. The van der Waals surface area contributed by atoms with Crippen LogP contribution in [0.1, 0.15) is 0 Å². The molecular formula is C6H11ClO4. The molecule has 0 rings (SSSR count). The predicted molar refractivity (Wildman–Crippen MR) is 39.5 cm³/mol. The summed E-state index contributed by atoms with van der Waals surface area (Å²) in [5.41, 5.74) is 0. The van der Waals surface area contributed by atoms with E-state index in [1.165, 1.54) is 21.3 Å². The maximum absolute atomic E-state index is 10.8. The van der Waals surface area contributed by atoms with E-state index in [-0.39, 0.29) is 0 Å². The van der Waals surface area contributed by atoms with Crippen LogP contribution < -0.4 is 0 Å². The van der Waals surface area contributed by atoms with Crippen LogP contribution in [0.2, 0.25) is 0 Å². The molecule has 1 unspecified atom stereocenters. The Morgan fingerprint density at radius 3 is 2.00 bits per heavy atom. The summed E-state index contributed by atoms with van der Waals surface area (Å²) in [5.74, 6) is -0.569. The molecule has 0 aromatic rings. The molecular weight excluding hydrogens is 172 g/mol. The second-order valence-corrected chi connectivity index (χ2v) is 2.23. The van der Waals surface area contributed by atoms with Crippen LogP contribution in [0.4, 0.5) is 0 Å². The summed E-state index contributed by atoms with van der Waals surface area (Å²) < 4.78 is 13.8. The van der Waals surface area contributed by atoms with E-state index in [9.17, 15) is 4.79 Å². The molecule has 0 saturated carbocycles. The average molecular weight is 183 g/mol. The van der Waals surface area contributed by atoms with Crippen molar-refractivity contribution < 1.29 is 19.0 Å². The number of hydrogen-bond acceptors (Lipinski definition) is 4. The monoisotopic (exact) mass is 182 g/mol. The van der Waals surface area contributed by atoms with Crippen LogP contribution >= 0.6 is 11.6 Å². The Morgan fingerprint density at radius 2 is 1.73 bits per heavy atom. The van der Waals surface area contributed by atoms with Gasteiger partial charge < -0.3 is 14.2 Å². The summed E-state index contributed by atoms with van der Waals surface area (Å²) in [7, 11) is 4.04. The highest BCUT2D eigenvalue weighted by molar-refractivity contribution is 6.30. The highest BCUT2D eigenvalue weighted by atomic mass is 35.5. The smallest absolute Gasteiger partial charge is 0.329 e. The fourth-order valence-corrected chi connectivity index (χ4v) is 0.854. The summed E-state index contributed by atoms with van der Waals surface area (Å²) in [6.07, 6.45) is -0.760. The lowest BCUT2D eigenvalue weighted by Gasteiger charge is -2.16. The first kappa shape index (κ1) is 10.7. The van der Waals surface area contributed by atoms with E-state index in [2.05, 4.69) is 4.74 Å². The van der Waals surface area contributed by atoms with Gasteiger partial charge in [0.1, 0.15) is 0 Å². The Balaban J connectivity index is 3.97. The molecule has 0 aliphatic heterocycles. The van der Waals surface area contributed by atoms with Gasteiger partial charge in [0.25, 0.3) is 0 Å². The van der Waals surface area contributed by atoms with Gasteiger partial charge >= 0.3 is 5.97 Å². The van der Waals surface area contributed by atoms with Crippen molar-refractivity contribution in [1.82, 2.24) is 0 Å². The molecule has 0 aliphatic carbocycles. The van der Waals surface area contributed by atoms with Gasteiger partial charge in [0.2, 0.25) is 0 Å². The molecule has 4 nitrogen and oxygen atoms in total. The van der Waals surface area contributed by atoms with Gasteiger partial charge in [-0.25, -0.2) is 0 Å². The molecule has 0 saturated heterocycles. The summed E-state index contributed by atoms with van der Waals surface area (Å²) in [5, 5.41) is -0.921. The Hall–Kier alpha value is -0.320. The van der Waals surface area contributed by atoms with E-state index >= 15 is 0 Å². The topological polar surface area (TPSA) is 44.8 Å². The van der Waals surface area contributed by atoms with Crippen molar-refractivity contribution in [3.8, 4) is 0 Å². The molecule has 66 valence electrons. The summed E-state index contributed by atoms with van der Waals surface area (Å²) in [4.78, 5) is 10.8. The van der Waals surface area contributed by atoms with E-state index in [4.69, 9.17) is 21.1 Å². The third-order valence-electron chi connectivity index (χ3n) is 1.13. The highest BCUT2D eigenvalue weighted by Gasteiger charge is 2.26. The number of rotatable bonds is 4. The van der Waals surface area contributed by atoms with E-state index in [0.29, 0.717) is 0 Å². The lowest BCUT2D eigenvalue weighted by atomic mass is 10.4. The van der Waals surface area contributed by atoms with Gasteiger partial charge in [0, 0.05) is 14.2 Å². The molecule has 0 aliphatic rings. The van der Waals surface area contributed by atoms with Crippen LogP contribution in [0.5, 0.6) is 0 Å². The van der Waals surface area contributed by atoms with Gasteiger partial charge in [-0.05, 0) is 0 Å². The van der Waals surface area contributed by atoms with Gasteiger partial charge in [0.15, 0.2) is 11.7 Å². The van der Waals surface area contributed by atoms with E-state index < -0.39 is 17.6 Å². The van der Waals surface area contributed by atoms with Crippen LogP contribution in [0.15, 0.2) is 0 Å². The number of ether oxygens (including phenoxy) is 3. The first-order valence-corrected chi connectivity index (χ1v) is 3.38. The normalized spacial score (nSPS) is 13.2. The van der Waals surface area contributed by atoms with Crippen molar-refractivity contribution in [1.29, 1.82) is 0 Å². The zero-order valence-electron chi connectivity index (χ0n) is 6.67. The number of halogens is 1. The zero-order chi connectivity index (χ0) is 8.85. The molecule has 11 heavy (non-hydrogen) atoms. The molecule has 0 bridgehead atoms. The number of carbonyl (C=O) groups excluding carboxylic acids is 1. The van der Waals surface area contributed by atoms with Crippen molar-refractivity contribution in [2.24, 2.45) is 0 Å². The molecule has 0 amide bonds. The number of esters is 1. The maximum Gasteiger partial charge on any atom is 0.329 e. The van der Waals surface area contributed by atoms with Crippen molar-refractivity contribution >= 4 is 17.6 Å². The van der Waals surface area contributed by atoms with Crippen LogP contribution in [0, 0.1) is 0 Å². The lowest BCUT2D eigenvalue weighted by Crippen LogP contribution is -2.33. The Labute approximate surface area is 70.4 Å². The number of hydrogen-bond donors (Lipinski definition) is 0. The van der Waals surface area contributed by atoms with Crippen molar-refractivity contribution in [3.05, 3.63) is 0 Å². The first-order chi connectivity index (χ1) is 5.17. The minimum atomic E-state index is -0.921. The second-order valence-electron chi connectivity index (χ2n) is 1.76. The van der Waals surface area contributed by atoms with Crippen LogP contribution in [0.25, 0.3) is 0 Å². The van der Waals surface area contributed by atoms with E-state index in [1.807, 2.05) is 0 Å². The summed E-state index contributed by atoms with van der Waals surface area (Å²) in [6.45, 7) is 0. The molecule has 1 atom stereocenters. The van der Waals surface area contributed by atoms with Gasteiger partial charge in [-0.3, -0.25) is 4.79 Å². The molecule has 0 heterocycles. The van der Waals surface area contributed by atoms with Gasteiger partial charge in [-0.2, -0.15) is 0 Å². The molecule has 5 heteroatoms. The Bertz CT molecular complexity index is 124. The number of alkyl halides is 1. The first-order valence-electron chi connectivity index (χ1n) is 2.94. The van der Waals surface area contributed by atoms with Gasteiger partial charge in [-0.1, -0.05) is 0 Å². The second kappa shape index (κ2) is 5.35. The third-order valence-corrected chi connectivity index (χ3v) is 1.51. The lowest BCUT2D eigenvalue weighted by molar-refractivity contribution is -0.155. The molecule has 0 radical (unpaired) electrons. The van der Waals surface area contributed by atoms with Crippen LogP contribution in [-0.4, -0.2) is 39.0 Å². The summed E-state index contributed by atoms with van der Waals surface area (Å²) >= 11 is 5.57. The van der Waals surface area contributed by atoms with E-state index in [1.54, 1.807) is 0 Å². The number of methoxy groups -OCH3 is 3. The quantitative estimate of drug-likeness (QED) is 0.358. The molecule has 0 spiro atoms. The summed E-state index contributed by atoms with van der Waals surface area (Å²) in [6, 6.07) is 0. The van der Waals surface area contributed by atoms with Crippen LogP contribution in [0.3, 0.4) is 0 Å². The highest BCUT2D eigenvalue weighted by Crippen LogP contribution is 2.08. The molecule has 0 N–H and O–H groups in total. The van der Waals surface area contributed by atoms with E-state index in [0.717, 1.165) is 0 Å². The van der Waals surface area contributed by atoms with Crippen molar-refractivity contribution in [3.63, 3.8) is 0 Å². The van der Waals surface area contributed by atoms with Gasteiger partial charge in [0.05, 0.1) is 7.11 Å². The SMILES string of the molecule is COC(=O)C(Cl)C(OC)OC. The van der Waals surface area contributed by atoms with Gasteiger partial charge in [-0.15, -0.1) is 11.6 Å². The largest absolute Gasteiger partial charge is 0.468 e. The maximum atomic E-state index is 10.8. The minimum absolute atomic E-state index is 0.569. The fourth-order valence-electron chi connectivity index (χ4n) is 0.559. The number of carbonyl (C=O) groups is 1. The fraction of sp³-hybridized carbons (Fsp3) is 0.833. The Kier molecular flexibility index (Phi) is 5.19. The Morgan fingerprint density at radius 1 is 1.27 bits per heavy atom. The average Bonchev–Trinajstić information content (AvgIpc) is 2.05. The van der Waals surface area contributed by atoms with Crippen molar-refractivity contribution in [2.45, 2.75) is 11.7 Å². The minimum Gasteiger partial charge on any atom is -0.468 e.